The molecule has 10 heteroatoms. The molecule has 1 amide bonds. The van der Waals surface area contributed by atoms with Crippen molar-refractivity contribution >= 4 is 16.9 Å². The Morgan fingerprint density at radius 2 is 1.89 bits per heavy atom. The van der Waals surface area contributed by atoms with E-state index in [1.807, 2.05) is 12.4 Å². The van der Waals surface area contributed by atoms with Crippen LogP contribution in [0.3, 0.4) is 0 Å². The van der Waals surface area contributed by atoms with Crippen LogP contribution < -0.4 is 5.32 Å². The molecular formula is C27H25F3N6O. The van der Waals surface area contributed by atoms with Crippen molar-refractivity contribution in [3.8, 4) is 11.1 Å². The Bertz CT molecular complexity index is 1490. The fraction of sp³-hybridized carbons (Fsp3) is 0.333. The molecule has 1 atom stereocenters. The van der Waals surface area contributed by atoms with E-state index < -0.39 is 12.0 Å². The highest BCUT2D eigenvalue weighted by atomic mass is 19.4. The number of halogens is 3. The number of nitrogens with zero attached hydrogens (tertiary/aromatic N) is 4. The van der Waals surface area contributed by atoms with Crippen LogP contribution in [0.25, 0.3) is 22.2 Å². The molecule has 2 N–H and O–H groups in total. The van der Waals surface area contributed by atoms with Gasteiger partial charge in [-0.15, -0.1) is 0 Å². The first-order chi connectivity index (χ1) is 17.8. The van der Waals surface area contributed by atoms with Crippen molar-refractivity contribution in [2.75, 3.05) is 13.1 Å². The summed E-state index contributed by atoms with van der Waals surface area (Å²) in [5, 5.41) is 4.67. The minimum Gasteiger partial charge on any atom is -0.346 e. The van der Waals surface area contributed by atoms with E-state index in [0.29, 0.717) is 19.5 Å². The number of aromatic amines is 1. The number of aryl methyl sites for hydroxylation is 1. The molecule has 5 heterocycles. The molecule has 4 aromatic rings. The van der Waals surface area contributed by atoms with E-state index in [9.17, 15) is 18.0 Å². The summed E-state index contributed by atoms with van der Waals surface area (Å²) >= 11 is 0. The monoisotopic (exact) mass is 506 g/mol. The largest absolute Gasteiger partial charge is 0.451 e. The van der Waals surface area contributed by atoms with Crippen LogP contribution in [0.4, 0.5) is 13.2 Å². The molecule has 7 nitrogen and oxygen atoms in total. The lowest BCUT2D eigenvalue weighted by molar-refractivity contribution is -0.145. The fourth-order valence-corrected chi connectivity index (χ4v) is 5.36. The van der Waals surface area contributed by atoms with Crippen LogP contribution in [0.2, 0.25) is 0 Å². The number of nitrogens with one attached hydrogen (secondary N) is 2. The zero-order valence-electron chi connectivity index (χ0n) is 20.2. The summed E-state index contributed by atoms with van der Waals surface area (Å²) in [5.74, 6) is -1.62. The Balaban J connectivity index is 1.34. The van der Waals surface area contributed by atoms with Gasteiger partial charge in [0, 0.05) is 54.9 Å². The summed E-state index contributed by atoms with van der Waals surface area (Å²) in [7, 11) is 0. The molecule has 6 rings (SSSR count). The number of amides is 1. The third kappa shape index (κ3) is 4.35. The minimum absolute atomic E-state index is 0.0508. The van der Waals surface area contributed by atoms with Crippen molar-refractivity contribution in [2.24, 2.45) is 0 Å². The molecule has 0 bridgehead atoms. The second-order valence-corrected chi connectivity index (χ2v) is 9.71. The van der Waals surface area contributed by atoms with Gasteiger partial charge in [-0.05, 0) is 72.7 Å². The van der Waals surface area contributed by atoms with E-state index in [1.54, 1.807) is 4.90 Å². The molecular weight excluding hydrogens is 481 g/mol. The molecule has 1 fully saturated rings. The van der Waals surface area contributed by atoms with Crippen LogP contribution >= 0.6 is 0 Å². The van der Waals surface area contributed by atoms with Crippen molar-refractivity contribution in [3.63, 3.8) is 0 Å². The van der Waals surface area contributed by atoms with E-state index in [0.717, 1.165) is 70.6 Å². The van der Waals surface area contributed by atoms with Crippen molar-refractivity contribution in [1.82, 2.24) is 30.2 Å². The van der Waals surface area contributed by atoms with Gasteiger partial charge in [0.2, 0.25) is 5.82 Å². The van der Waals surface area contributed by atoms with Crippen molar-refractivity contribution in [2.45, 2.75) is 44.9 Å². The normalized spacial score (nSPS) is 17.8. The van der Waals surface area contributed by atoms with Crippen LogP contribution in [0.1, 0.15) is 57.3 Å². The van der Waals surface area contributed by atoms with Crippen LogP contribution in [0.5, 0.6) is 0 Å². The molecule has 3 aromatic heterocycles. The number of benzene rings is 1. The molecule has 0 saturated carbocycles. The number of pyridine rings is 1. The first-order valence-electron chi connectivity index (χ1n) is 12.3. The van der Waals surface area contributed by atoms with Crippen LogP contribution in [-0.2, 0) is 19.1 Å². The number of hydrogen-bond acceptors (Lipinski definition) is 5. The van der Waals surface area contributed by atoms with Gasteiger partial charge in [-0.1, -0.05) is 6.07 Å². The first kappa shape index (κ1) is 23.6. The summed E-state index contributed by atoms with van der Waals surface area (Å²) in [5.41, 5.74) is 7.62. The second-order valence-electron chi connectivity index (χ2n) is 9.71. The predicted molar refractivity (Wildman–Crippen MR) is 132 cm³/mol. The maximum absolute atomic E-state index is 13.2. The molecule has 2 aliphatic rings. The van der Waals surface area contributed by atoms with Gasteiger partial charge < -0.3 is 15.2 Å². The average molecular weight is 507 g/mol. The molecule has 0 radical (unpaired) electrons. The average Bonchev–Trinajstić information content (AvgIpc) is 3.57. The molecule has 190 valence electrons. The van der Waals surface area contributed by atoms with Gasteiger partial charge in [-0.25, -0.2) is 15.0 Å². The van der Waals surface area contributed by atoms with Gasteiger partial charge in [0.1, 0.15) is 5.65 Å². The lowest BCUT2D eigenvalue weighted by Crippen LogP contribution is -2.37. The van der Waals surface area contributed by atoms with Crippen LogP contribution in [-0.4, -0.2) is 43.8 Å². The smallest absolute Gasteiger partial charge is 0.346 e. The quantitative estimate of drug-likeness (QED) is 0.410. The highest BCUT2D eigenvalue weighted by Gasteiger charge is 2.35. The summed E-state index contributed by atoms with van der Waals surface area (Å²) < 4.78 is 38.5. The van der Waals surface area contributed by atoms with Gasteiger partial charge in [0.15, 0.2) is 0 Å². The predicted octanol–water partition coefficient (Wildman–Crippen LogP) is 4.97. The summed E-state index contributed by atoms with van der Waals surface area (Å²) in [4.78, 5) is 29.3. The van der Waals surface area contributed by atoms with Gasteiger partial charge in [-0.3, -0.25) is 4.79 Å². The third-order valence-corrected chi connectivity index (χ3v) is 7.32. The van der Waals surface area contributed by atoms with Gasteiger partial charge >= 0.3 is 6.18 Å². The Morgan fingerprint density at radius 1 is 1.08 bits per heavy atom. The van der Waals surface area contributed by atoms with Crippen molar-refractivity contribution in [3.05, 3.63) is 76.6 Å². The van der Waals surface area contributed by atoms with Gasteiger partial charge in [-0.2, -0.15) is 13.2 Å². The number of alkyl halides is 3. The van der Waals surface area contributed by atoms with E-state index in [1.165, 1.54) is 5.56 Å². The Kier molecular flexibility index (Phi) is 5.71. The molecule has 0 aliphatic carbocycles. The topological polar surface area (TPSA) is 86.8 Å². The van der Waals surface area contributed by atoms with Crippen molar-refractivity contribution < 1.29 is 18.0 Å². The highest BCUT2D eigenvalue weighted by Crippen LogP contribution is 2.36. The van der Waals surface area contributed by atoms with E-state index in [-0.39, 0.29) is 17.5 Å². The Morgan fingerprint density at radius 3 is 2.62 bits per heavy atom. The number of H-pyrrole nitrogens is 1. The first-order valence-corrected chi connectivity index (χ1v) is 12.3. The van der Waals surface area contributed by atoms with Gasteiger partial charge in [0.25, 0.3) is 5.91 Å². The highest BCUT2D eigenvalue weighted by molar-refractivity contribution is 5.94. The zero-order chi connectivity index (χ0) is 25.7. The lowest BCUT2D eigenvalue weighted by Gasteiger charge is -2.32. The minimum atomic E-state index is -4.65. The summed E-state index contributed by atoms with van der Waals surface area (Å²) in [6, 6.07) is 6.72. The number of hydrogen-bond donors (Lipinski definition) is 2. The van der Waals surface area contributed by atoms with Crippen LogP contribution in [0, 0.1) is 6.92 Å². The molecule has 0 unspecified atom stereocenters. The lowest BCUT2D eigenvalue weighted by atomic mass is 9.87. The van der Waals surface area contributed by atoms with Crippen LogP contribution in [0.15, 0.2) is 43.0 Å². The maximum Gasteiger partial charge on any atom is 0.451 e. The summed E-state index contributed by atoms with van der Waals surface area (Å²) in [6.07, 6.45) is 3.84. The molecule has 2 aliphatic heterocycles. The maximum atomic E-state index is 13.2. The second kappa shape index (κ2) is 8.95. The van der Waals surface area contributed by atoms with E-state index in [2.05, 4.69) is 50.4 Å². The zero-order valence-corrected chi connectivity index (χ0v) is 20.2. The standard InChI is InChI=1S/C27H25F3N6O/c1-15-10-32-24-20(15)9-18(11-33-24)17-7-16-4-6-36(14-22(16)21(8-17)23-3-2-5-31-23)25(37)19-12-34-26(35-13-19)27(28,29)30/h7-13,23,31H,2-6,14H2,1H3,(H,32,33)/t23-/m0/s1. The number of rotatable bonds is 3. The van der Waals surface area contributed by atoms with E-state index in [4.69, 9.17) is 0 Å². The van der Waals surface area contributed by atoms with Crippen molar-refractivity contribution in [1.29, 1.82) is 0 Å². The molecule has 0 spiro atoms. The summed E-state index contributed by atoms with van der Waals surface area (Å²) in [6.45, 7) is 3.84. The Labute approximate surface area is 211 Å². The SMILES string of the molecule is Cc1c[nH]c2ncc(-c3cc4c(c([C@@H]5CCCN5)c3)CN(C(=O)c3cnc(C(F)(F)F)nc3)CC4)cc12. The molecule has 37 heavy (non-hydrogen) atoms. The molecule has 1 aromatic carbocycles. The fourth-order valence-electron chi connectivity index (χ4n) is 5.36. The van der Waals surface area contributed by atoms with E-state index >= 15 is 0 Å². The third-order valence-electron chi connectivity index (χ3n) is 7.32. The number of aromatic nitrogens is 4. The molecule has 1 saturated heterocycles. The number of carbonyl (C=O) groups is 1. The van der Waals surface area contributed by atoms with Gasteiger partial charge in [0.05, 0.1) is 5.56 Å². The number of fused-ring (bicyclic) bond motifs is 2. The number of carbonyl (C=O) groups excluding carboxylic acids is 1. The Hall–Kier alpha value is -3.79.